The maximum absolute atomic E-state index is 12.2. The third-order valence-corrected chi connectivity index (χ3v) is 4.63. The van der Waals surface area contributed by atoms with E-state index in [-0.39, 0.29) is 37.5 Å². The molecule has 152 valence electrons. The van der Waals surface area contributed by atoms with Crippen molar-refractivity contribution in [2.24, 2.45) is 5.92 Å². The van der Waals surface area contributed by atoms with E-state index in [9.17, 15) is 9.90 Å². The Morgan fingerprint density at radius 3 is 2.65 bits per heavy atom. The molecule has 0 spiro atoms. The van der Waals surface area contributed by atoms with Gasteiger partial charge in [-0.2, -0.15) is 0 Å². The van der Waals surface area contributed by atoms with Crippen LogP contribution in [0.2, 0.25) is 0 Å². The van der Waals surface area contributed by atoms with Crippen LogP contribution in [0.4, 0.5) is 0 Å². The van der Waals surface area contributed by atoms with Crippen LogP contribution in [0.15, 0.2) is 12.2 Å². The molecule has 1 rings (SSSR count). The summed E-state index contributed by atoms with van der Waals surface area (Å²) in [6.07, 6.45) is 7.40. The molecular weight excluding hydrogens is 336 g/mol. The highest BCUT2D eigenvalue weighted by atomic mass is 16.7. The largest absolute Gasteiger partial charge is 0.462 e. The number of ether oxygens (including phenoxy) is 4. The van der Waals surface area contributed by atoms with E-state index in [4.69, 9.17) is 18.9 Å². The molecule has 0 aliphatic carbocycles. The molecule has 1 aliphatic rings. The van der Waals surface area contributed by atoms with Crippen molar-refractivity contribution in [1.29, 1.82) is 0 Å². The minimum Gasteiger partial charge on any atom is -0.462 e. The molecule has 0 bridgehead atoms. The van der Waals surface area contributed by atoms with Crippen LogP contribution in [-0.2, 0) is 23.7 Å². The van der Waals surface area contributed by atoms with Gasteiger partial charge < -0.3 is 24.1 Å². The van der Waals surface area contributed by atoms with Crippen LogP contribution in [0.3, 0.4) is 0 Å². The Kier molecular flexibility index (Phi) is 11.8. The highest BCUT2D eigenvalue weighted by Gasteiger charge is 2.24. The molecule has 5 atom stereocenters. The lowest BCUT2D eigenvalue weighted by atomic mass is 9.96. The molecule has 0 radical (unpaired) electrons. The number of aliphatic hydroxyl groups excluding tert-OH is 1. The summed E-state index contributed by atoms with van der Waals surface area (Å²) in [6, 6.07) is 0. The van der Waals surface area contributed by atoms with Crippen molar-refractivity contribution in [2.75, 3.05) is 21.0 Å². The van der Waals surface area contributed by atoms with E-state index in [1.807, 2.05) is 0 Å². The molecule has 26 heavy (non-hydrogen) atoms. The molecular formula is C20H36O6. The third kappa shape index (κ3) is 9.67. The van der Waals surface area contributed by atoms with Crippen molar-refractivity contribution >= 4 is 5.97 Å². The standard InChI is InChI=1S/C20H36O6/c1-5-7-18-13-19(24-4)10-15(2)8-6-9-17(25-14-23-3)11-16(21)12-20(22)26-18/h6,8,15-19,21H,5,7,9-14H2,1-4H3/b8-6-/t15-,16-,17-,18?,19+/m1/s1. The maximum atomic E-state index is 12.2. The molecule has 0 amide bonds. The predicted molar refractivity (Wildman–Crippen MR) is 99.7 cm³/mol. The van der Waals surface area contributed by atoms with Crippen molar-refractivity contribution in [2.45, 2.75) is 83.2 Å². The van der Waals surface area contributed by atoms with E-state index >= 15 is 0 Å². The monoisotopic (exact) mass is 372 g/mol. The maximum Gasteiger partial charge on any atom is 0.308 e. The number of aliphatic hydroxyl groups is 1. The van der Waals surface area contributed by atoms with Gasteiger partial charge in [0.1, 0.15) is 12.9 Å². The van der Waals surface area contributed by atoms with Gasteiger partial charge in [0.05, 0.1) is 24.7 Å². The first-order valence-corrected chi connectivity index (χ1v) is 9.65. The smallest absolute Gasteiger partial charge is 0.308 e. The molecule has 0 aromatic rings. The van der Waals surface area contributed by atoms with Gasteiger partial charge in [-0.05, 0) is 25.2 Å². The molecule has 0 saturated heterocycles. The SMILES string of the molecule is CCCC1C[C@@H](OC)C[C@H](C)/C=C\C[C@@H](OCOC)C[C@@H](O)CC(=O)O1. The van der Waals surface area contributed by atoms with Gasteiger partial charge in [0.2, 0.25) is 0 Å². The first-order valence-electron chi connectivity index (χ1n) is 9.65. The summed E-state index contributed by atoms with van der Waals surface area (Å²) in [5.74, 6) is -0.0224. The fourth-order valence-corrected chi connectivity index (χ4v) is 3.29. The Hall–Kier alpha value is -0.950. The van der Waals surface area contributed by atoms with Gasteiger partial charge in [-0.25, -0.2) is 0 Å². The first kappa shape index (κ1) is 23.1. The summed E-state index contributed by atoms with van der Waals surface area (Å²) in [4.78, 5) is 12.2. The number of hydrogen-bond acceptors (Lipinski definition) is 6. The van der Waals surface area contributed by atoms with Gasteiger partial charge in [-0.1, -0.05) is 32.4 Å². The van der Waals surface area contributed by atoms with E-state index in [1.54, 1.807) is 14.2 Å². The quantitative estimate of drug-likeness (QED) is 0.438. The van der Waals surface area contributed by atoms with Crippen molar-refractivity contribution < 1.29 is 28.8 Å². The van der Waals surface area contributed by atoms with E-state index in [0.29, 0.717) is 25.2 Å². The van der Waals surface area contributed by atoms with Gasteiger partial charge in [0.25, 0.3) is 0 Å². The Labute approximate surface area is 157 Å². The average Bonchev–Trinajstić information content (AvgIpc) is 2.58. The van der Waals surface area contributed by atoms with Crippen molar-refractivity contribution in [3.05, 3.63) is 12.2 Å². The Balaban J connectivity index is 2.85. The predicted octanol–water partition coefficient (Wildman–Crippen LogP) is 3.22. The lowest BCUT2D eigenvalue weighted by Crippen LogP contribution is -2.29. The van der Waals surface area contributed by atoms with Crippen molar-refractivity contribution in [1.82, 2.24) is 0 Å². The number of carbonyl (C=O) groups excluding carboxylic acids is 1. The molecule has 6 heteroatoms. The third-order valence-electron chi connectivity index (χ3n) is 4.63. The topological polar surface area (TPSA) is 74.2 Å². The highest BCUT2D eigenvalue weighted by Crippen LogP contribution is 2.21. The fraction of sp³-hybridized carbons (Fsp3) is 0.850. The second-order valence-electron chi connectivity index (χ2n) is 7.16. The zero-order valence-corrected chi connectivity index (χ0v) is 16.7. The zero-order chi connectivity index (χ0) is 19.4. The number of esters is 1. The second kappa shape index (κ2) is 13.3. The molecule has 1 unspecified atom stereocenters. The molecule has 6 nitrogen and oxygen atoms in total. The van der Waals surface area contributed by atoms with Gasteiger partial charge in [-0.3, -0.25) is 4.79 Å². The average molecular weight is 373 g/mol. The van der Waals surface area contributed by atoms with Crippen LogP contribution in [-0.4, -0.2) is 56.5 Å². The molecule has 1 aliphatic heterocycles. The Bertz CT molecular complexity index is 411. The van der Waals surface area contributed by atoms with Gasteiger partial charge in [0, 0.05) is 27.1 Å². The number of rotatable bonds is 6. The van der Waals surface area contributed by atoms with Gasteiger partial charge in [0.15, 0.2) is 0 Å². The van der Waals surface area contributed by atoms with E-state index < -0.39 is 6.10 Å². The summed E-state index contributed by atoms with van der Waals surface area (Å²) in [5.41, 5.74) is 0. The lowest BCUT2D eigenvalue weighted by Gasteiger charge is -2.25. The zero-order valence-electron chi connectivity index (χ0n) is 16.7. The minimum absolute atomic E-state index is 0.0230. The molecule has 1 N–H and O–H groups in total. The number of cyclic esters (lactones) is 1. The molecule has 0 aromatic heterocycles. The normalized spacial score (nSPS) is 33.3. The van der Waals surface area contributed by atoms with Crippen LogP contribution in [0.25, 0.3) is 0 Å². The van der Waals surface area contributed by atoms with E-state index in [1.165, 1.54) is 0 Å². The summed E-state index contributed by atoms with van der Waals surface area (Å²) >= 11 is 0. The van der Waals surface area contributed by atoms with E-state index in [2.05, 4.69) is 26.0 Å². The van der Waals surface area contributed by atoms with Crippen molar-refractivity contribution in [3.63, 3.8) is 0 Å². The number of allylic oxidation sites excluding steroid dienone is 1. The molecule has 0 aromatic carbocycles. The summed E-state index contributed by atoms with van der Waals surface area (Å²) in [6.45, 7) is 4.38. The number of methoxy groups -OCH3 is 2. The first-order chi connectivity index (χ1) is 12.5. The lowest BCUT2D eigenvalue weighted by molar-refractivity contribution is -0.154. The van der Waals surface area contributed by atoms with Gasteiger partial charge in [-0.15, -0.1) is 0 Å². The summed E-state index contributed by atoms with van der Waals surface area (Å²) < 4.78 is 21.8. The van der Waals surface area contributed by atoms with E-state index in [0.717, 1.165) is 19.3 Å². The van der Waals surface area contributed by atoms with Crippen LogP contribution in [0, 0.1) is 5.92 Å². The Morgan fingerprint density at radius 2 is 2.00 bits per heavy atom. The molecule has 1 heterocycles. The molecule has 0 fully saturated rings. The second-order valence-corrected chi connectivity index (χ2v) is 7.16. The number of carbonyl (C=O) groups is 1. The number of hydrogen-bond donors (Lipinski definition) is 1. The Morgan fingerprint density at radius 1 is 1.23 bits per heavy atom. The molecule has 0 saturated carbocycles. The van der Waals surface area contributed by atoms with Crippen LogP contribution < -0.4 is 0 Å². The van der Waals surface area contributed by atoms with Crippen molar-refractivity contribution in [3.8, 4) is 0 Å². The minimum atomic E-state index is -0.793. The van der Waals surface area contributed by atoms with Gasteiger partial charge >= 0.3 is 5.97 Å². The highest BCUT2D eigenvalue weighted by molar-refractivity contribution is 5.70. The van der Waals surface area contributed by atoms with Crippen LogP contribution >= 0.6 is 0 Å². The fourth-order valence-electron chi connectivity index (χ4n) is 3.29. The van der Waals surface area contributed by atoms with Crippen LogP contribution in [0.5, 0.6) is 0 Å². The van der Waals surface area contributed by atoms with Crippen LogP contribution in [0.1, 0.15) is 58.8 Å². The summed E-state index contributed by atoms with van der Waals surface area (Å²) in [7, 11) is 3.26. The summed E-state index contributed by atoms with van der Waals surface area (Å²) in [5, 5.41) is 10.3.